The second-order valence-corrected chi connectivity index (χ2v) is 3.76. The second-order valence-electron chi connectivity index (χ2n) is 1.80. The van der Waals surface area contributed by atoms with Crippen LogP contribution in [-0.2, 0) is 4.57 Å². The summed E-state index contributed by atoms with van der Waals surface area (Å²) in [6, 6.07) is 0. The average molecular weight is 214 g/mol. The normalized spacial score (nSPS) is 12.8. The van der Waals surface area contributed by atoms with Crippen LogP contribution >= 0.6 is 7.60 Å². The predicted octanol–water partition coefficient (Wildman–Crippen LogP) is -6.29. The average Bonchev–Trinajstić information content (AvgIpc) is 1.62. The van der Waals surface area contributed by atoms with Gasteiger partial charge in [0.2, 0.25) is 0 Å². The maximum Gasteiger partial charge on any atom is 1.00 e. The first-order valence-electron chi connectivity index (χ1n) is 2.50. The van der Waals surface area contributed by atoms with E-state index in [-0.39, 0.29) is 103 Å². The molecule has 0 aromatic heterocycles. The predicted molar refractivity (Wildman–Crippen MR) is 27.4 cm³/mol. The van der Waals surface area contributed by atoms with Crippen molar-refractivity contribution in [2.24, 2.45) is 0 Å². The smallest absolute Gasteiger partial charge is 0.811 e. The van der Waals surface area contributed by atoms with Crippen LogP contribution in [0.3, 0.4) is 0 Å². The van der Waals surface area contributed by atoms with Crippen LogP contribution in [0.5, 0.6) is 0 Å². The van der Waals surface area contributed by atoms with Gasteiger partial charge in [-0.05, 0) is 12.1 Å². The Kier molecular flexibility index (Phi) is 17.2. The molecule has 0 aliphatic heterocycles. The Morgan fingerprint density at radius 1 is 1.40 bits per heavy atom. The summed E-state index contributed by atoms with van der Waals surface area (Å²) in [7, 11) is -4.26. The molecule has 0 aliphatic rings. The fourth-order valence-electron chi connectivity index (χ4n) is 0.224. The number of hydrogen-bond donors (Lipinski definition) is 0. The summed E-state index contributed by atoms with van der Waals surface area (Å²) < 4.78 is 10.0. The molecule has 0 saturated carbocycles. The maximum absolute atomic E-state index is 10.0. The number of rotatable bonds is 2. The first-order valence-corrected chi connectivity index (χ1v) is 4.11. The van der Waals surface area contributed by atoms with Gasteiger partial charge in [0.1, 0.15) is 0 Å². The Morgan fingerprint density at radius 2 is 1.70 bits per heavy atom. The summed E-state index contributed by atoms with van der Waals surface area (Å²) in [6.07, 6.45) is 0.407. The van der Waals surface area contributed by atoms with Crippen molar-refractivity contribution in [3.63, 3.8) is 0 Å². The molecule has 0 radical (unpaired) electrons. The zero-order chi connectivity index (χ0) is 6.78. The molecule has 1 atom stereocenters. The molecule has 0 rings (SSSR count). The van der Waals surface area contributed by atoms with Crippen molar-refractivity contribution in [3.05, 3.63) is 0 Å². The Bertz CT molecular complexity index is 113. The van der Waals surface area contributed by atoms with Gasteiger partial charge in [-0.1, -0.05) is 21.4 Å². The summed E-state index contributed by atoms with van der Waals surface area (Å²) >= 11 is 0. The second kappa shape index (κ2) is 9.00. The molecule has 0 aromatic rings. The minimum Gasteiger partial charge on any atom is -0.811 e. The van der Waals surface area contributed by atoms with Crippen molar-refractivity contribution < 1.29 is 117 Å². The summed E-state index contributed by atoms with van der Waals surface area (Å²) in [6.45, 7) is 3.09. The third kappa shape index (κ3) is 9.51. The topological polar surface area (TPSA) is 63.2 Å². The molecule has 0 aliphatic carbocycles. The van der Waals surface area contributed by atoms with E-state index in [1.54, 1.807) is 6.92 Å². The van der Waals surface area contributed by atoms with Gasteiger partial charge < -0.3 is 14.4 Å². The summed E-state index contributed by atoms with van der Waals surface area (Å²) in [5, 5.41) is 0. The molecule has 0 bridgehead atoms. The summed E-state index contributed by atoms with van der Waals surface area (Å²) in [4.78, 5) is 20.1. The van der Waals surface area contributed by atoms with Crippen molar-refractivity contribution in [3.8, 4) is 0 Å². The van der Waals surface area contributed by atoms with Crippen LogP contribution < -0.4 is 113 Å². The van der Waals surface area contributed by atoms with Gasteiger partial charge in [-0.25, -0.2) is 0 Å². The van der Waals surface area contributed by atoms with E-state index in [4.69, 9.17) is 0 Å². The molecule has 0 N–H and O–H groups in total. The third-order valence-corrected chi connectivity index (χ3v) is 2.58. The van der Waals surface area contributed by atoms with Crippen LogP contribution in [0.15, 0.2) is 0 Å². The summed E-state index contributed by atoms with van der Waals surface area (Å²) in [5.41, 5.74) is -0.706. The van der Waals surface area contributed by atoms with E-state index in [2.05, 4.69) is 0 Å². The third-order valence-electron chi connectivity index (χ3n) is 1.13. The van der Waals surface area contributed by atoms with E-state index >= 15 is 0 Å². The van der Waals surface area contributed by atoms with Crippen LogP contribution in [0.25, 0.3) is 0 Å². The fraction of sp³-hybridized carbons (Fsp3) is 1.00. The molecule has 0 aromatic carbocycles. The van der Waals surface area contributed by atoms with Crippen molar-refractivity contribution >= 4 is 7.60 Å². The van der Waals surface area contributed by atoms with Crippen molar-refractivity contribution in [2.45, 2.75) is 25.9 Å². The fourth-order valence-corrected chi connectivity index (χ4v) is 0.671. The largest absolute Gasteiger partial charge is 1.00 e. The minimum atomic E-state index is -4.26. The minimum absolute atomic E-state index is 0. The van der Waals surface area contributed by atoms with Crippen LogP contribution in [0.1, 0.15) is 20.3 Å². The van der Waals surface area contributed by atoms with Crippen molar-refractivity contribution in [2.75, 3.05) is 0 Å². The monoisotopic (exact) mass is 214 g/mol. The van der Waals surface area contributed by atoms with E-state index in [9.17, 15) is 14.4 Å². The van der Waals surface area contributed by atoms with E-state index in [0.29, 0.717) is 6.42 Å². The number of hydrogen-bond acceptors (Lipinski definition) is 3. The molecular formula is C4H9K2O3P. The SMILES string of the molecule is CCC(C)P(=O)([O-])[O-].[K+].[K+]. The van der Waals surface area contributed by atoms with Gasteiger partial charge in [0, 0.05) is 0 Å². The Morgan fingerprint density at radius 3 is 1.70 bits per heavy atom. The molecule has 10 heavy (non-hydrogen) atoms. The Labute approximate surface area is 147 Å². The van der Waals surface area contributed by atoms with Gasteiger partial charge in [0.15, 0.2) is 0 Å². The standard InChI is InChI=1S/C4H11O3P.2K/c1-3-4(2)8(5,6)7;;/h4H,3H2,1-2H3,(H2,5,6,7);;/q;2*+1/p-2. The van der Waals surface area contributed by atoms with Gasteiger partial charge in [0.25, 0.3) is 0 Å². The van der Waals surface area contributed by atoms with E-state index in [0.717, 1.165) is 0 Å². The Balaban J connectivity index is -0.000000245. The van der Waals surface area contributed by atoms with E-state index in [1.165, 1.54) is 6.92 Å². The first-order chi connectivity index (χ1) is 3.48. The molecular weight excluding hydrogens is 205 g/mol. The van der Waals surface area contributed by atoms with Gasteiger partial charge in [-0.15, -0.1) is 0 Å². The molecule has 0 amide bonds. The van der Waals surface area contributed by atoms with Crippen LogP contribution in [0, 0.1) is 0 Å². The van der Waals surface area contributed by atoms with Crippen LogP contribution in [0.4, 0.5) is 0 Å². The molecule has 0 fully saturated rings. The van der Waals surface area contributed by atoms with Crippen LogP contribution in [-0.4, -0.2) is 5.66 Å². The van der Waals surface area contributed by atoms with Crippen molar-refractivity contribution in [1.29, 1.82) is 0 Å². The van der Waals surface area contributed by atoms with Gasteiger partial charge in [-0.2, -0.15) is 0 Å². The quantitative estimate of drug-likeness (QED) is 0.339. The van der Waals surface area contributed by atoms with Gasteiger partial charge in [0.05, 0.1) is 0 Å². The van der Waals surface area contributed by atoms with E-state index < -0.39 is 13.3 Å². The van der Waals surface area contributed by atoms with E-state index in [1.807, 2.05) is 0 Å². The van der Waals surface area contributed by atoms with Gasteiger partial charge >= 0.3 is 103 Å². The zero-order valence-electron chi connectivity index (χ0n) is 6.96. The summed E-state index contributed by atoms with van der Waals surface area (Å²) in [5.74, 6) is 0. The molecule has 0 saturated heterocycles. The molecule has 0 spiro atoms. The molecule has 6 heteroatoms. The van der Waals surface area contributed by atoms with Crippen LogP contribution in [0.2, 0.25) is 0 Å². The molecule has 50 valence electrons. The zero-order valence-corrected chi connectivity index (χ0v) is 14.1. The maximum atomic E-state index is 10.0. The van der Waals surface area contributed by atoms with Crippen molar-refractivity contribution in [1.82, 2.24) is 0 Å². The molecule has 3 nitrogen and oxygen atoms in total. The van der Waals surface area contributed by atoms with Gasteiger partial charge in [-0.3, -0.25) is 0 Å². The molecule has 0 heterocycles. The Hall–Kier alpha value is 3.42. The molecule has 1 unspecified atom stereocenters. The first kappa shape index (κ1) is 19.1.